The van der Waals surface area contributed by atoms with Crippen molar-refractivity contribution in [3.8, 4) is 0 Å². The third-order valence-electron chi connectivity index (χ3n) is 7.60. The summed E-state index contributed by atoms with van der Waals surface area (Å²) < 4.78 is 28.2. The predicted molar refractivity (Wildman–Crippen MR) is 154 cm³/mol. The van der Waals surface area contributed by atoms with Crippen LogP contribution in [0.2, 0.25) is 0 Å². The van der Waals surface area contributed by atoms with E-state index in [-0.39, 0.29) is 40.3 Å². The van der Waals surface area contributed by atoms with Crippen molar-refractivity contribution in [2.75, 3.05) is 5.32 Å². The molecule has 3 amide bonds. The van der Waals surface area contributed by atoms with E-state index in [1.54, 1.807) is 13.0 Å². The summed E-state index contributed by atoms with van der Waals surface area (Å²) in [6.45, 7) is 1.55. The molecule has 0 radical (unpaired) electrons. The normalized spacial score (nSPS) is 13.8. The molecule has 0 fully saturated rings. The maximum atomic E-state index is 13.7. The van der Waals surface area contributed by atoms with Crippen LogP contribution in [0, 0.1) is 18.6 Å². The van der Waals surface area contributed by atoms with Gasteiger partial charge in [-0.3, -0.25) is 19.5 Å². The number of aromatic nitrogens is 5. The number of nitrogens with one attached hydrogen (secondary N) is 4. The van der Waals surface area contributed by atoms with Crippen molar-refractivity contribution >= 4 is 35.2 Å². The second-order valence-electron chi connectivity index (χ2n) is 10.4. The van der Waals surface area contributed by atoms with Crippen LogP contribution in [0.25, 0.3) is 5.65 Å². The number of amides is 3. The zero-order valence-electron chi connectivity index (χ0n) is 23.5. The van der Waals surface area contributed by atoms with Crippen LogP contribution >= 0.6 is 0 Å². The van der Waals surface area contributed by atoms with E-state index in [9.17, 15) is 33.1 Å². The number of carbonyl (C=O) groups is 4. The van der Waals surface area contributed by atoms with Crippen molar-refractivity contribution in [3.63, 3.8) is 0 Å². The molecule has 2 aromatic carbocycles. The molecule has 5 aromatic rings. The number of H-pyrrole nitrogens is 1. The lowest BCUT2D eigenvalue weighted by Gasteiger charge is -2.16. The van der Waals surface area contributed by atoms with Crippen LogP contribution in [0.1, 0.15) is 76.4 Å². The molecule has 0 saturated heterocycles. The van der Waals surface area contributed by atoms with Crippen LogP contribution in [0.5, 0.6) is 0 Å². The van der Waals surface area contributed by atoms with Gasteiger partial charge in [-0.2, -0.15) is 10.2 Å². The fraction of sp³-hybridized carbons (Fsp3) is 0.167. The number of fused-ring (bicyclic) bond motifs is 2. The lowest BCUT2D eigenvalue weighted by atomic mass is 9.98. The molecule has 0 unspecified atom stereocenters. The minimum absolute atomic E-state index is 0.0445. The quantitative estimate of drug-likeness (QED) is 0.176. The zero-order valence-corrected chi connectivity index (χ0v) is 23.5. The van der Waals surface area contributed by atoms with Gasteiger partial charge in [0.2, 0.25) is 0 Å². The largest absolute Gasteiger partial charge is 0.478 e. The third kappa shape index (κ3) is 5.58. The molecule has 3 aromatic heterocycles. The highest BCUT2D eigenvalue weighted by Crippen LogP contribution is 2.35. The van der Waals surface area contributed by atoms with Crippen molar-refractivity contribution in [2.24, 2.45) is 0 Å². The Morgan fingerprint density at radius 1 is 1.02 bits per heavy atom. The number of benzene rings is 2. The molecule has 228 valence electrons. The van der Waals surface area contributed by atoms with Gasteiger partial charge in [0, 0.05) is 18.7 Å². The molecule has 13 nitrogen and oxygen atoms in total. The molecule has 0 spiro atoms. The Kier molecular flexibility index (Phi) is 7.50. The van der Waals surface area contributed by atoms with Gasteiger partial charge in [0.15, 0.2) is 17.3 Å². The highest BCUT2D eigenvalue weighted by atomic mass is 19.2. The molecule has 5 N–H and O–H groups in total. The number of hydrogen-bond donors (Lipinski definition) is 5. The van der Waals surface area contributed by atoms with Gasteiger partial charge in [-0.1, -0.05) is 12.1 Å². The number of carboxylic acids is 1. The van der Waals surface area contributed by atoms with Crippen molar-refractivity contribution < 1.29 is 33.1 Å². The van der Waals surface area contributed by atoms with Gasteiger partial charge in [0.1, 0.15) is 22.8 Å². The number of aromatic amines is 1. The number of aromatic carboxylic acids is 1. The summed E-state index contributed by atoms with van der Waals surface area (Å²) in [6.07, 6.45) is 3.70. The topological polar surface area (TPSA) is 183 Å². The van der Waals surface area contributed by atoms with Gasteiger partial charge in [-0.05, 0) is 60.2 Å². The summed E-state index contributed by atoms with van der Waals surface area (Å²) in [7, 11) is 0. The van der Waals surface area contributed by atoms with Crippen LogP contribution in [0.4, 0.5) is 14.6 Å². The average Bonchev–Trinajstić information content (AvgIpc) is 3.78. The molecule has 1 aliphatic rings. The molecular formula is C30H24F2N8O5. The van der Waals surface area contributed by atoms with Crippen molar-refractivity contribution in [2.45, 2.75) is 32.4 Å². The summed E-state index contributed by atoms with van der Waals surface area (Å²) in [5, 5.41) is 28.2. The number of carbonyl (C=O) groups excluding carboxylic acids is 3. The predicted octanol–water partition coefficient (Wildman–Crippen LogP) is 3.34. The molecule has 15 heteroatoms. The fourth-order valence-corrected chi connectivity index (χ4v) is 5.33. The van der Waals surface area contributed by atoms with E-state index in [0.29, 0.717) is 24.2 Å². The molecule has 1 atom stereocenters. The first-order valence-corrected chi connectivity index (χ1v) is 13.7. The summed E-state index contributed by atoms with van der Waals surface area (Å²) in [5.74, 6) is -4.87. The minimum Gasteiger partial charge on any atom is -0.478 e. The van der Waals surface area contributed by atoms with Crippen molar-refractivity contribution in [1.82, 2.24) is 35.4 Å². The fourth-order valence-electron chi connectivity index (χ4n) is 5.33. The highest BCUT2D eigenvalue weighted by molar-refractivity contribution is 6.08. The molecular weight excluding hydrogens is 590 g/mol. The van der Waals surface area contributed by atoms with E-state index in [0.717, 1.165) is 27.8 Å². The minimum atomic E-state index is -1.07. The Labute approximate surface area is 252 Å². The van der Waals surface area contributed by atoms with Gasteiger partial charge in [0.25, 0.3) is 17.7 Å². The summed E-state index contributed by atoms with van der Waals surface area (Å²) in [6, 6.07) is 8.64. The van der Waals surface area contributed by atoms with Gasteiger partial charge in [0.05, 0.1) is 24.0 Å². The van der Waals surface area contributed by atoms with E-state index in [1.807, 2.05) is 0 Å². The first-order valence-electron chi connectivity index (χ1n) is 13.7. The smallest absolute Gasteiger partial charge is 0.335 e. The number of hydrogen-bond acceptors (Lipinski definition) is 7. The lowest BCUT2D eigenvalue weighted by molar-refractivity contribution is 0.0695. The third-order valence-corrected chi connectivity index (χ3v) is 7.60. The number of carboxylic acid groups (broad SMARTS) is 1. The highest BCUT2D eigenvalue weighted by Gasteiger charge is 2.29. The first kappa shape index (κ1) is 29.1. The molecule has 0 bridgehead atoms. The molecule has 45 heavy (non-hydrogen) atoms. The van der Waals surface area contributed by atoms with Crippen LogP contribution in [0.3, 0.4) is 0 Å². The molecule has 0 saturated carbocycles. The monoisotopic (exact) mass is 614 g/mol. The van der Waals surface area contributed by atoms with E-state index in [4.69, 9.17) is 0 Å². The summed E-state index contributed by atoms with van der Waals surface area (Å²) in [4.78, 5) is 55.9. The van der Waals surface area contributed by atoms with E-state index in [2.05, 4.69) is 36.2 Å². The summed E-state index contributed by atoms with van der Waals surface area (Å²) >= 11 is 0. The van der Waals surface area contributed by atoms with Gasteiger partial charge in [-0.15, -0.1) is 0 Å². The number of anilines is 1. The first-order chi connectivity index (χ1) is 21.6. The van der Waals surface area contributed by atoms with Crippen LogP contribution in [-0.4, -0.2) is 53.6 Å². The lowest BCUT2D eigenvalue weighted by Crippen LogP contribution is -2.31. The van der Waals surface area contributed by atoms with E-state index >= 15 is 0 Å². The Morgan fingerprint density at radius 2 is 1.84 bits per heavy atom. The van der Waals surface area contributed by atoms with Crippen LogP contribution < -0.4 is 16.0 Å². The second kappa shape index (κ2) is 11.6. The standard InChI is InChI=1S/C30H24F2N8O5/c1-14-16-5-7-22(18(16)4-3-17(14)30(44)45)37-29(43)24-11-23(28(42)33-12-15-2-6-20(31)21(32)10-15)36-26-19(13-35-40(24)26)27(41)38-25-8-9-34-39-25/h2-4,6,8-11,13,22H,5,7,12H2,1H3,(H,33,42)(H,37,43)(H,44,45)(H2,34,38,39,41)/t22-/m0/s1. The number of halogens is 2. The second-order valence-corrected chi connectivity index (χ2v) is 10.4. The zero-order chi connectivity index (χ0) is 31.8. The van der Waals surface area contributed by atoms with Gasteiger partial charge < -0.3 is 21.1 Å². The van der Waals surface area contributed by atoms with Crippen molar-refractivity contribution in [3.05, 3.63) is 111 Å². The molecule has 3 heterocycles. The Morgan fingerprint density at radius 3 is 2.58 bits per heavy atom. The molecule has 6 rings (SSSR count). The van der Waals surface area contributed by atoms with E-state index < -0.39 is 41.4 Å². The van der Waals surface area contributed by atoms with Gasteiger partial charge >= 0.3 is 5.97 Å². The molecule has 0 aliphatic heterocycles. The number of nitrogens with zero attached hydrogens (tertiary/aromatic N) is 4. The SMILES string of the molecule is Cc1c(C(=O)O)ccc2c1CC[C@@H]2NC(=O)c1cc(C(=O)NCc2ccc(F)c(F)c2)nc2c(C(=O)Nc3ccn[nH]3)cnn12. The van der Waals surface area contributed by atoms with E-state index in [1.165, 1.54) is 36.7 Å². The number of rotatable bonds is 8. The Balaban J connectivity index is 1.33. The van der Waals surface area contributed by atoms with Crippen LogP contribution in [0.15, 0.2) is 54.9 Å². The maximum absolute atomic E-state index is 13.7. The van der Waals surface area contributed by atoms with Crippen LogP contribution in [-0.2, 0) is 13.0 Å². The van der Waals surface area contributed by atoms with Crippen molar-refractivity contribution in [1.29, 1.82) is 0 Å². The Bertz CT molecular complexity index is 2010. The van der Waals surface area contributed by atoms with Gasteiger partial charge in [-0.25, -0.2) is 23.1 Å². The Hall–Kier alpha value is -5.99. The molecule has 1 aliphatic carbocycles. The summed E-state index contributed by atoms with van der Waals surface area (Å²) in [5.41, 5.74) is 2.24. The maximum Gasteiger partial charge on any atom is 0.335 e. The average molecular weight is 615 g/mol.